The van der Waals surface area contributed by atoms with Crippen LogP contribution in [0.1, 0.15) is 25.0 Å². The largest absolute Gasteiger partial charge is 0.305 e. The fourth-order valence-corrected chi connectivity index (χ4v) is 2.30. The smallest absolute Gasteiger partial charge is 0.261 e. The van der Waals surface area contributed by atoms with E-state index in [0.29, 0.717) is 23.3 Å². The number of hydrogen-bond donors (Lipinski definition) is 0. The number of benzene rings is 1. The minimum Gasteiger partial charge on any atom is -0.305 e. The molecule has 0 N–H and O–H groups in total. The standard InChI is InChI=1S/C15H20ClN3O/c1-4-18(3)9-10-19-14(11(2)16)17-13-8-6-5-7-12(13)15(19)20/h5-8,11H,4,9-10H2,1-3H3. The van der Waals surface area contributed by atoms with E-state index in [0.717, 1.165) is 13.1 Å². The summed E-state index contributed by atoms with van der Waals surface area (Å²) in [7, 11) is 2.03. The molecule has 4 nitrogen and oxygen atoms in total. The summed E-state index contributed by atoms with van der Waals surface area (Å²) in [5.74, 6) is 0.639. The summed E-state index contributed by atoms with van der Waals surface area (Å²) >= 11 is 6.19. The molecule has 1 atom stereocenters. The molecule has 0 fully saturated rings. The molecule has 0 bridgehead atoms. The van der Waals surface area contributed by atoms with Crippen molar-refractivity contribution >= 4 is 22.5 Å². The number of aromatic nitrogens is 2. The van der Waals surface area contributed by atoms with Crippen LogP contribution in [-0.2, 0) is 6.54 Å². The first kappa shape index (κ1) is 15.0. The van der Waals surface area contributed by atoms with Crippen LogP contribution in [0.15, 0.2) is 29.1 Å². The topological polar surface area (TPSA) is 38.1 Å². The lowest BCUT2D eigenvalue weighted by Gasteiger charge is -2.18. The van der Waals surface area contributed by atoms with Gasteiger partial charge in [0.05, 0.1) is 16.3 Å². The molecule has 0 saturated heterocycles. The van der Waals surface area contributed by atoms with Crippen LogP contribution in [0.3, 0.4) is 0 Å². The van der Waals surface area contributed by atoms with Gasteiger partial charge in [-0.1, -0.05) is 19.1 Å². The predicted octanol–water partition coefficient (Wildman–Crippen LogP) is 2.65. The molecular formula is C15H20ClN3O. The molecule has 1 heterocycles. The second-order valence-corrected chi connectivity index (χ2v) is 5.61. The van der Waals surface area contributed by atoms with Crippen LogP contribution in [0.2, 0.25) is 0 Å². The first-order valence-corrected chi connectivity index (χ1v) is 7.30. The average Bonchev–Trinajstić information content (AvgIpc) is 2.45. The van der Waals surface area contributed by atoms with Crippen molar-refractivity contribution in [3.05, 3.63) is 40.4 Å². The lowest BCUT2D eigenvalue weighted by Crippen LogP contribution is -2.31. The average molecular weight is 294 g/mol. The van der Waals surface area contributed by atoms with Crippen LogP contribution in [0.25, 0.3) is 10.9 Å². The molecule has 1 aromatic carbocycles. The Kier molecular flexibility index (Phi) is 4.78. The maximum atomic E-state index is 12.6. The zero-order chi connectivity index (χ0) is 14.7. The van der Waals surface area contributed by atoms with Crippen LogP contribution >= 0.6 is 11.6 Å². The molecule has 2 aromatic rings. The lowest BCUT2D eigenvalue weighted by atomic mass is 10.2. The van der Waals surface area contributed by atoms with Gasteiger partial charge < -0.3 is 4.90 Å². The molecule has 2 rings (SSSR count). The summed E-state index contributed by atoms with van der Waals surface area (Å²) < 4.78 is 1.70. The highest BCUT2D eigenvalue weighted by Crippen LogP contribution is 2.18. The van der Waals surface area contributed by atoms with Crippen molar-refractivity contribution in [2.24, 2.45) is 0 Å². The molecular weight excluding hydrogens is 274 g/mol. The summed E-state index contributed by atoms with van der Waals surface area (Å²) in [4.78, 5) is 19.3. The van der Waals surface area contributed by atoms with Crippen LogP contribution in [-0.4, -0.2) is 34.6 Å². The van der Waals surface area contributed by atoms with Gasteiger partial charge in [-0.05, 0) is 32.6 Å². The van der Waals surface area contributed by atoms with E-state index >= 15 is 0 Å². The minimum atomic E-state index is -0.292. The second-order valence-electron chi connectivity index (χ2n) is 4.96. The molecule has 0 amide bonds. The number of para-hydroxylation sites is 1. The van der Waals surface area contributed by atoms with Crippen LogP contribution < -0.4 is 5.56 Å². The van der Waals surface area contributed by atoms with Crippen molar-refractivity contribution in [3.8, 4) is 0 Å². The predicted molar refractivity (Wildman–Crippen MR) is 83.4 cm³/mol. The van der Waals surface area contributed by atoms with Gasteiger partial charge in [0.1, 0.15) is 5.82 Å². The molecule has 1 unspecified atom stereocenters. The van der Waals surface area contributed by atoms with Crippen LogP contribution in [0.5, 0.6) is 0 Å². The molecule has 5 heteroatoms. The van der Waals surface area contributed by atoms with Crippen LogP contribution in [0, 0.1) is 0 Å². The van der Waals surface area contributed by atoms with Crippen molar-refractivity contribution in [2.75, 3.05) is 20.1 Å². The normalized spacial score (nSPS) is 13.1. The minimum absolute atomic E-state index is 0.0115. The van der Waals surface area contributed by atoms with E-state index in [1.54, 1.807) is 4.57 Å². The van der Waals surface area contributed by atoms with Gasteiger partial charge in [-0.3, -0.25) is 9.36 Å². The molecule has 108 valence electrons. The van der Waals surface area contributed by atoms with E-state index in [4.69, 9.17) is 11.6 Å². The van der Waals surface area contributed by atoms with E-state index in [1.165, 1.54) is 0 Å². The SMILES string of the molecule is CCN(C)CCn1c(C(C)Cl)nc2ccccc2c1=O. The second kappa shape index (κ2) is 6.37. The van der Waals surface area contributed by atoms with Crippen molar-refractivity contribution < 1.29 is 0 Å². The number of alkyl halides is 1. The molecule has 0 aliphatic rings. The fourth-order valence-electron chi connectivity index (χ4n) is 2.13. The summed E-state index contributed by atoms with van der Waals surface area (Å²) in [6.45, 7) is 6.28. The fraction of sp³-hybridized carbons (Fsp3) is 0.467. The van der Waals surface area contributed by atoms with Gasteiger partial charge in [0, 0.05) is 13.1 Å². The Morgan fingerprint density at radius 2 is 2.10 bits per heavy atom. The third kappa shape index (κ3) is 3.02. The highest BCUT2D eigenvalue weighted by atomic mass is 35.5. The molecule has 20 heavy (non-hydrogen) atoms. The summed E-state index contributed by atoms with van der Waals surface area (Å²) in [5.41, 5.74) is 0.697. The van der Waals surface area contributed by atoms with Gasteiger partial charge in [-0.25, -0.2) is 4.98 Å². The molecule has 0 aliphatic heterocycles. The first-order valence-electron chi connectivity index (χ1n) is 6.86. The molecule has 1 aromatic heterocycles. The van der Waals surface area contributed by atoms with Crippen molar-refractivity contribution in [2.45, 2.75) is 25.8 Å². The third-order valence-electron chi connectivity index (χ3n) is 3.49. The van der Waals surface area contributed by atoms with Gasteiger partial charge in [-0.2, -0.15) is 0 Å². The van der Waals surface area contributed by atoms with Gasteiger partial charge in [0.2, 0.25) is 0 Å². The first-order chi connectivity index (χ1) is 9.54. The number of hydrogen-bond acceptors (Lipinski definition) is 3. The Hall–Kier alpha value is -1.39. The third-order valence-corrected chi connectivity index (χ3v) is 3.69. The Morgan fingerprint density at radius 1 is 1.40 bits per heavy atom. The molecule has 0 spiro atoms. The Balaban J connectivity index is 2.52. The van der Waals surface area contributed by atoms with E-state index in [1.807, 2.05) is 38.2 Å². The molecule has 0 radical (unpaired) electrons. The zero-order valence-electron chi connectivity index (χ0n) is 12.1. The number of likely N-dealkylation sites (N-methyl/N-ethyl adjacent to an activating group) is 1. The van der Waals surface area contributed by atoms with E-state index in [9.17, 15) is 4.79 Å². The highest BCUT2D eigenvalue weighted by Gasteiger charge is 2.14. The monoisotopic (exact) mass is 293 g/mol. The van der Waals surface area contributed by atoms with E-state index < -0.39 is 0 Å². The van der Waals surface area contributed by atoms with Gasteiger partial charge in [-0.15, -0.1) is 11.6 Å². The van der Waals surface area contributed by atoms with Gasteiger partial charge >= 0.3 is 0 Å². The summed E-state index contributed by atoms with van der Waals surface area (Å²) in [5, 5.41) is 0.354. The maximum absolute atomic E-state index is 12.6. The van der Waals surface area contributed by atoms with Crippen LogP contribution in [0.4, 0.5) is 0 Å². The molecule has 0 aliphatic carbocycles. The highest BCUT2D eigenvalue weighted by molar-refractivity contribution is 6.20. The van der Waals surface area contributed by atoms with Crippen molar-refractivity contribution in [1.29, 1.82) is 0 Å². The van der Waals surface area contributed by atoms with Gasteiger partial charge in [0.15, 0.2) is 0 Å². The van der Waals surface area contributed by atoms with E-state index in [2.05, 4.69) is 16.8 Å². The van der Waals surface area contributed by atoms with E-state index in [-0.39, 0.29) is 10.9 Å². The maximum Gasteiger partial charge on any atom is 0.261 e. The Labute approximate surface area is 124 Å². The Bertz CT molecular complexity index is 651. The molecule has 0 saturated carbocycles. The van der Waals surface area contributed by atoms with Gasteiger partial charge in [0.25, 0.3) is 5.56 Å². The lowest BCUT2D eigenvalue weighted by molar-refractivity contribution is 0.330. The number of fused-ring (bicyclic) bond motifs is 1. The van der Waals surface area contributed by atoms with Crippen molar-refractivity contribution in [1.82, 2.24) is 14.5 Å². The number of rotatable bonds is 5. The Morgan fingerprint density at radius 3 is 2.75 bits per heavy atom. The number of halogens is 1. The summed E-state index contributed by atoms with van der Waals surface area (Å²) in [6.07, 6.45) is 0. The summed E-state index contributed by atoms with van der Waals surface area (Å²) in [6, 6.07) is 7.40. The number of nitrogens with zero attached hydrogens (tertiary/aromatic N) is 3. The zero-order valence-corrected chi connectivity index (χ0v) is 12.9. The van der Waals surface area contributed by atoms with Crippen molar-refractivity contribution in [3.63, 3.8) is 0 Å². The quantitative estimate of drug-likeness (QED) is 0.796.